The Kier molecular flexibility index (Phi) is 6.52. The minimum Gasteiger partial charge on any atom is -0.444 e. The second kappa shape index (κ2) is 9.08. The summed E-state index contributed by atoms with van der Waals surface area (Å²) in [5.41, 5.74) is 0.159. The smallest absolute Gasteiger partial charge is 0.410 e. The predicted octanol–water partition coefficient (Wildman–Crippen LogP) is 5.04. The zero-order chi connectivity index (χ0) is 25.2. The average molecular weight is 586 g/mol. The number of hydrogen-bond donors (Lipinski definition) is 0. The number of amides is 1. The first-order chi connectivity index (χ1) is 16.4. The summed E-state index contributed by atoms with van der Waals surface area (Å²) in [4.78, 5) is 31.4. The number of carbonyl (C=O) groups is 1. The van der Waals surface area contributed by atoms with Crippen molar-refractivity contribution in [2.45, 2.75) is 57.3 Å². The average Bonchev–Trinajstić information content (AvgIpc) is 2.99. The Morgan fingerprint density at radius 3 is 2.29 bits per heavy atom. The van der Waals surface area contributed by atoms with Crippen LogP contribution in [0.4, 0.5) is 16.6 Å². The van der Waals surface area contributed by atoms with Gasteiger partial charge < -0.3 is 19.4 Å². The molecule has 4 heterocycles. The highest BCUT2D eigenvalue weighted by Crippen LogP contribution is 2.42. The van der Waals surface area contributed by atoms with Gasteiger partial charge in [0.15, 0.2) is 0 Å². The summed E-state index contributed by atoms with van der Waals surface area (Å²) in [7, 11) is 4.18. The number of likely N-dealkylation sites (N-methyl/N-ethyl adjacent to an activating group) is 1. The van der Waals surface area contributed by atoms with Crippen LogP contribution in [0.3, 0.4) is 0 Å². The van der Waals surface area contributed by atoms with Gasteiger partial charge in [-0.1, -0.05) is 23.2 Å². The molecule has 1 aromatic carbocycles. The molecule has 1 aromatic heterocycles. The maximum Gasteiger partial charge on any atom is 0.410 e. The van der Waals surface area contributed by atoms with E-state index in [4.69, 9.17) is 37.9 Å². The Hall–Kier alpha value is -1.55. The molecule has 35 heavy (non-hydrogen) atoms. The first-order valence-electron chi connectivity index (χ1n) is 12.0. The fraction of sp³-hybridized carbons (Fsp3) is 0.625. The van der Waals surface area contributed by atoms with Crippen molar-refractivity contribution in [3.05, 3.63) is 20.6 Å². The van der Waals surface area contributed by atoms with Crippen LogP contribution in [0.5, 0.6) is 0 Å². The lowest BCUT2D eigenvalue weighted by Crippen LogP contribution is -2.58. The Balaban J connectivity index is 1.50. The van der Waals surface area contributed by atoms with E-state index >= 15 is 0 Å². The number of nitrogens with zero attached hydrogens (tertiary/aromatic N) is 6. The van der Waals surface area contributed by atoms with Crippen molar-refractivity contribution in [2.75, 3.05) is 50.1 Å². The Bertz CT molecular complexity index is 1150. The van der Waals surface area contributed by atoms with Gasteiger partial charge in [0.25, 0.3) is 0 Å². The molecule has 0 radical (unpaired) electrons. The Labute approximate surface area is 224 Å². The fourth-order valence-corrected chi connectivity index (χ4v) is 5.96. The number of piperazine rings is 1. The maximum absolute atomic E-state index is 12.9. The van der Waals surface area contributed by atoms with Gasteiger partial charge >= 0.3 is 6.09 Å². The quantitative estimate of drug-likeness (QED) is 0.468. The molecule has 1 amide bonds. The molecule has 3 aliphatic rings. The molecule has 0 saturated carbocycles. The van der Waals surface area contributed by atoms with Crippen LogP contribution in [0.1, 0.15) is 33.6 Å². The van der Waals surface area contributed by atoms with Crippen LogP contribution in [0.15, 0.2) is 10.5 Å². The molecule has 11 heteroatoms. The van der Waals surface area contributed by atoms with Crippen molar-refractivity contribution in [1.29, 1.82) is 0 Å². The van der Waals surface area contributed by atoms with E-state index in [0.717, 1.165) is 37.1 Å². The van der Waals surface area contributed by atoms with Crippen LogP contribution >= 0.6 is 39.1 Å². The molecule has 0 aliphatic carbocycles. The standard InChI is InChI=1S/C24H31BrCl2N6O2/c1-24(2,3)35-23(34)33-13-6-7-14(33)10-31(9-13)21-16-8-17(26)18(25)19(27)20(16)28-22(29-21)32-11-15(12-32)30(4)5/h8,13-15H,6-7,9-12H2,1-5H3. The van der Waals surface area contributed by atoms with Crippen molar-refractivity contribution >= 4 is 67.9 Å². The largest absolute Gasteiger partial charge is 0.444 e. The van der Waals surface area contributed by atoms with Gasteiger partial charge in [0.1, 0.15) is 11.4 Å². The zero-order valence-corrected chi connectivity index (χ0v) is 23.8. The van der Waals surface area contributed by atoms with Crippen molar-refractivity contribution in [3.63, 3.8) is 0 Å². The minimum atomic E-state index is -0.520. The van der Waals surface area contributed by atoms with Crippen LogP contribution in [0.25, 0.3) is 10.9 Å². The molecule has 2 bridgehead atoms. The van der Waals surface area contributed by atoms with E-state index in [1.165, 1.54) is 0 Å². The highest BCUT2D eigenvalue weighted by Gasteiger charge is 2.45. The number of aromatic nitrogens is 2. The van der Waals surface area contributed by atoms with Crippen LogP contribution in [0.2, 0.25) is 10.0 Å². The topological polar surface area (TPSA) is 65.0 Å². The number of hydrogen-bond acceptors (Lipinski definition) is 7. The van der Waals surface area contributed by atoms with Gasteiger partial charge in [-0.2, -0.15) is 4.98 Å². The molecule has 2 unspecified atom stereocenters. The zero-order valence-electron chi connectivity index (χ0n) is 20.7. The predicted molar refractivity (Wildman–Crippen MR) is 144 cm³/mol. The number of carbonyl (C=O) groups excluding carboxylic acids is 1. The molecule has 2 atom stereocenters. The molecule has 8 nitrogen and oxygen atoms in total. The number of benzene rings is 1. The third kappa shape index (κ3) is 4.65. The molecule has 3 saturated heterocycles. The number of halogens is 3. The van der Waals surface area contributed by atoms with Gasteiger partial charge in [-0.15, -0.1) is 0 Å². The maximum atomic E-state index is 12.9. The molecular weight excluding hydrogens is 555 g/mol. The molecule has 2 aromatic rings. The second-order valence-corrected chi connectivity index (χ2v) is 12.5. The van der Waals surface area contributed by atoms with E-state index in [2.05, 4.69) is 44.7 Å². The van der Waals surface area contributed by atoms with Crippen molar-refractivity contribution < 1.29 is 9.53 Å². The number of ether oxygens (including phenoxy) is 1. The van der Waals surface area contributed by atoms with Gasteiger partial charge in [0, 0.05) is 37.6 Å². The summed E-state index contributed by atoms with van der Waals surface area (Å²) in [6.45, 7) is 8.78. The lowest BCUT2D eigenvalue weighted by atomic mass is 10.1. The van der Waals surface area contributed by atoms with Crippen LogP contribution in [0, 0.1) is 0 Å². The van der Waals surface area contributed by atoms with Crippen molar-refractivity contribution in [3.8, 4) is 0 Å². The highest BCUT2D eigenvalue weighted by atomic mass is 79.9. The van der Waals surface area contributed by atoms with E-state index in [0.29, 0.717) is 45.1 Å². The molecule has 0 N–H and O–H groups in total. The van der Waals surface area contributed by atoms with E-state index in [-0.39, 0.29) is 18.2 Å². The number of anilines is 2. The molecule has 5 rings (SSSR count). The Morgan fingerprint density at radius 1 is 1.09 bits per heavy atom. The fourth-order valence-electron chi connectivity index (χ4n) is 5.16. The van der Waals surface area contributed by atoms with Crippen molar-refractivity contribution in [1.82, 2.24) is 19.8 Å². The highest BCUT2D eigenvalue weighted by molar-refractivity contribution is 9.10. The van der Waals surface area contributed by atoms with E-state index in [1.54, 1.807) is 0 Å². The molecule has 190 valence electrons. The number of rotatable bonds is 3. The minimum absolute atomic E-state index is 0.0700. The van der Waals surface area contributed by atoms with Crippen LogP contribution in [-0.2, 0) is 4.74 Å². The summed E-state index contributed by atoms with van der Waals surface area (Å²) in [5.74, 6) is 1.49. The lowest BCUT2D eigenvalue weighted by molar-refractivity contribution is 0.0123. The first-order valence-corrected chi connectivity index (χ1v) is 13.5. The SMILES string of the molecule is CN(C)C1CN(c2nc(N3CC4CCC(C3)N4C(=O)OC(C)(C)C)c3cc(Cl)c(Br)c(Cl)c3n2)C1. The van der Waals surface area contributed by atoms with Gasteiger partial charge in [0.05, 0.1) is 32.1 Å². The lowest BCUT2D eigenvalue weighted by Gasteiger charge is -2.44. The summed E-state index contributed by atoms with van der Waals surface area (Å²) in [5, 5.41) is 1.83. The van der Waals surface area contributed by atoms with Crippen LogP contribution in [-0.4, -0.2) is 89.9 Å². The van der Waals surface area contributed by atoms with E-state index in [9.17, 15) is 4.79 Å². The molecule has 3 fully saturated rings. The molecule has 0 spiro atoms. The monoisotopic (exact) mass is 584 g/mol. The Morgan fingerprint density at radius 2 is 1.71 bits per heavy atom. The van der Waals surface area contributed by atoms with Crippen molar-refractivity contribution in [2.24, 2.45) is 0 Å². The third-order valence-electron chi connectivity index (χ3n) is 7.06. The summed E-state index contributed by atoms with van der Waals surface area (Å²) in [6.07, 6.45) is 1.66. The van der Waals surface area contributed by atoms with Gasteiger partial charge in [0.2, 0.25) is 5.95 Å². The summed E-state index contributed by atoms with van der Waals surface area (Å²) in [6, 6.07) is 2.49. The third-order valence-corrected chi connectivity index (χ3v) is 9.00. The van der Waals surface area contributed by atoms with E-state index in [1.807, 2.05) is 31.7 Å². The normalized spacial score (nSPS) is 22.8. The van der Waals surface area contributed by atoms with Gasteiger partial charge in [-0.25, -0.2) is 9.78 Å². The van der Waals surface area contributed by atoms with E-state index < -0.39 is 5.60 Å². The number of fused-ring (bicyclic) bond motifs is 3. The summed E-state index contributed by atoms with van der Waals surface area (Å²) < 4.78 is 6.34. The summed E-state index contributed by atoms with van der Waals surface area (Å²) >= 11 is 16.7. The molecule has 3 aliphatic heterocycles. The van der Waals surface area contributed by atoms with Crippen LogP contribution < -0.4 is 9.80 Å². The van der Waals surface area contributed by atoms with Gasteiger partial charge in [-0.05, 0) is 69.7 Å². The second-order valence-electron chi connectivity index (χ2n) is 10.9. The molecular formula is C24H31BrCl2N6O2. The first kappa shape index (κ1) is 25.1. The van der Waals surface area contributed by atoms with Gasteiger partial charge in [-0.3, -0.25) is 4.90 Å².